The molecular weight excluding hydrogens is 258 g/mol. The Kier molecular flexibility index (Phi) is 5.40. The minimum absolute atomic E-state index is 0.644. The van der Waals surface area contributed by atoms with Gasteiger partial charge in [-0.1, -0.05) is 32.6 Å². The van der Waals surface area contributed by atoms with Crippen molar-refractivity contribution in [2.24, 2.45) is 17.8 Å². The molecule has 21 heavy (non-hydrogen) atoms. The zero-order valence-corrected chi connectivity index (χ0v) is 13.5. The monoisotopic (exact) mass is 289 g/mol. The lowest BCUT2D eigenvalue weighted by molar-refractivity contribution is 0.109. The summed E-state index contributed by atoms with van der Waals surface area (Å²) in [5.74, 6) is 2.94. The third-order valence-electron chi connectivity index (χ3n) is 5.84. The van der Waals surface area contributed by atoms with Gasteiger partial charge < -0.3 is 9.73 Å². The largest absolute Gasteiger partial charge is 0.472 e. The van der Waals surface area contributed by atoms with Gasteiger partial charge in [-0.2, -0.15) is 0 Å². The molecule has 1 aromatic heterocycles. The number of fused-ring (bicyclic) bond motifs is 1. The summed E-state index contributed by atoms with van der Waals surface area (Å²) in [6.45, 7) is 3.41. The van der Waals surface area contributed by atoms with Gasteiger partial charge >= 0.3 is 0 Å². The van der Waals surface area contributed by atoms with E-state index in [2.05, 4.69) is 18.3 Å². The van der Waals surface area contributed by atoms with Gasteiger partial charge in [0.05, 0.1) is 12.5 Å². The Labute approximate surface area is 129 Å². The molecule has 2 aliphatic carbocycles. The van der Waals surface area contributed by atoms with Crippen LogP contribution in [0.25, 0.3) is 0 Å². The second-order valence-electron chi connectivity index (χ2n) is 7.27. The highest BCUT2D eigenvalue weighted by Gasteiger charge is 2.35. The van der Waals surface area contributed by atoms with E-state index >= 15 is 0 Å². The summed E-state index contributed by atoms with van der Waals surface area (Å²) in [4.78, 5) is 0. The number of hydrogen-bond acceptors (Lipinski definition) is 2. The highest BCUT2D eigenvalue weighted by Crippen LogP contribution is 2.43. The molecule has 1 heterocycles. The van der Waals surface area contributed by atoms with E-state index in [1.54, 1.807) is 0 Å². The molecule has 0 aromatic carbocycles. The lowest BCUT2D eigenvalue weighted by Gasteiger charge is -2.42. The average molecular weight is 289 g/mol. The van der Waals surface area contributed by atoms with Crippen LogP contribution in [0.2, 0.25) is 0 Å². The molecule has 0 aliphatic heterocycles. The van der Waals surface area contributed by atoms with E-state index in [1.807, 2.05) is 12.5 Å². The first kappa shape index (κ1) is 15.1. The molecule has 4 atom stereocenters. The van der Waals surface area contributed by atoms with Gasteiger partial charge in [0.1, 0.15) is 0 Å². The van der Waals surface area contributed by atoms with Crippen molar-refractivity contribution in [2.75, 3.05) is 6.54 Å². The SMILES string of the molecule is CCCNC(Cc1ccoc1)C1CCC2CCCCC2C1. The van der Waals surface area contributed by atoms with Crippen molar-refractivity contribution < 1.29 is 4.42 Å². The summed E-state index contributed by atoms with van der Waals surface area (Å²) in [7, 11) is 0. The van der Waals surface area contributed by atoms with Gasteiger partial charge in [-0.15, -0.1) is 0 Å². The van der Waals surface area contributed by atoms with Crippen LogP contribution in [0.5, 0.6) is 0 Å². The molecule has 3 rings (SSSR count). The summed E-state index contributed by atoms with van der Waals surface area (Å²) in [5, 5.41) is 3.83. The van der Waals surface area contributed by atoms with Crippen LogP contribution in [0, 0.1) is 17.8 Å². The van der Waals surface area contributed by atoms with Crippen molar-refractivity contribution in [3.63, 3.8) is 0 Å². The Bertz CT molecular complexity index is 400. The van der Waals surface area contributed by atoms with Crippen molar-refractivity contribution in [3.05, 3.63) is 24.2 Å². The van der Waals surface area contributed by atoms with Crippen LogP contribution in [0.1, 0.15) is 63.9 Å². The van der Waals surface area contributed by atoms with E-state index in [4.69, 9.17) is 4.42 Å². The Balaban J connectivity index is 1.61. The van der Waals surface area contributed by atoms with Crippen LogP contribution in [0.15, 0.2) is 23.0 Å². The molecule has 0 bridgehead atoms. The van der Waals surface area contributed by atoms with E-state index in [-0.39, 0.29) is 0 Å². The Morgan fingerprint density at radius 2 is 2.05 bits per heavy atom. The molecule has 2 heteroatoms. The Morgan fingerprint density at radius 3 is 2.81 bits per heavy atom. The van der Waals surface area contributed by atoms with Crippen molar-refractivity contribution in [1.29, 1.82) is 0 Å². The Hall–Kier alpha value is -0.760. The number of hydrogen-bond donors (Lipinski definition) is 1. The van der Waals surface area contributed by atoms with Gasteiger partial charge in [0.25, 0.3) is 0 Å². The van der Waals surface area contributed by atoms with E-state index in [0.29, 0.717) is 6.04 Å². The van der Waals surface area contributed by atoms with Crippen LogP contribution in [0.3, 0.4) is 0 Å². The van der Waals surface area contributed by atoms with Gasteiger partial charge in [0.2, 0.25) is 0 Å². The summed E-state index contributed by atoms with van der Waals surface area (Å²) >= 11 is 0. The number of furan rings is 1. The van der Waals surface area contributed by atoms with Crippen molar-refractivity contribution >= 4 is 0 Å². The summed E-state index contributed by atoms with van der Waals surface area (Å²) in [6.07, 6.45) is 16.4. The van der Waals surface area contributed by atoms with Crippen molar-refractivity contribution in [1.82, 2.24) is 5.32 Å². The minimum atomic E-state index is 0.644. The van der Waals surface area contributed by atoms with E-state index in [9.17, 15) is 0 Å². The molecule has 4 unspecified atom stereocenters. The molecular formula is C19H31NO. The standard InChI is InChI=1S/C19H31NO/c1-2-10-20-19(12-15-9-11-21-14-15)18-8-7-16-5-3-4-6-17(16)13-18/h9,11,14,16-20H,2-8,10,12-13H2,1H3. The molecule has 0 saturated heterocycles. The molecule has 0 radical (unpaired) electrons. The average Bonchev–Trinajstić information content (AvgIpc) is 3.04. The molecule has 0 amide bonds. The molecule has 1 N–H and O–H groups in total. The van der Waals surface area contributed by atoms with Crippen LogP contribution < -0.4 is 5.32 Å². The quantitative estimate of drug-likeness (QED) is 0.814. The number of nitrogens with one attached hydrogen (secondary N) is 1. The topological polar surface area (TPSA) is 25.2 Å². The number of rotatable bonds is 6. The molecule has 2 saturated carbocycles. The fourth-order valence-corrected chi connectivity index (χ4v) is 4.67. The van der Waals surface area contributed by atoms with Crippen LogP contribution in [-0.4, -0.2) is 12.6 Å². The van der Waals surface area contributed by atoms with E-state index in [0.717, 1.165) is 30.7 Å². The Morgan fingerprint density at radius 1 is 1.19 bits per heavy atom. The van der Waals surface area contributed by atoms with E-state index < -0.39 is 0 Å². The fourth-order valence-electron chi connectivity index (χ4n) is 4.67. The van der Waals surface area contributed by atoms with Crippen LogP contribution in [-0.2, 0) is 6.42 Å². The van der Waals surface area contributed by atoms with Gasteiger partial charge in [0, 0.05) is 6.04 Å². The van der Waals surface area contributed by atoms with Gasteiger partial charge in [-0.25, -0.2) is 0 Å². The zero-order valence-electron chi connectivity index (χ0n) is 13.5. The second kappa shape index (κ2) is 7.49. The van der Waals surface area contributed by atoms with Crippen LogP contribution >= 0.6 is 0 Å². The summed E-state index contributed by atoms with van der Waals surface area (Å²) in [5.41, 5.74) is 1.36. The predicted molar refractivity (Wildman–Crippen MR) is 87.3 cm³/mol. The fraction of sp³-hybridized carbons (Fsp3) is 0.789. The first-order chi connectivity index (χ1) is 10.4. The summed E-state index contributed by atoms with van der Waals surface area (Å²) in [6, 6.07) is 2.78. The van der Waals surface area contributed by atoms with Crippen LogP contribution in [0.4, 0.5) is 0 Å². The smallest absolute Gasteiger partial charge is 0.0935 e. The molecule has 0 spiro atoms. The van der Waals surface area contributed by atoms with Gasteiger partial charge in [-0.05, 0) is 68.0 Å². The summed E-state index contributed by atoms with van der Waals surface area (Å²) < 4.78 is 5.27. The normalized spacial score (nSPS) is 30.8. The molecule has 118 valence electrons. The maximum absolute atomic E-state index is 5.27. The highest BCUT2D eigenvalue weighted by molar-refractivity contribution is 5.08. The second-order valence-corrected chi connectivity index (χ2v) is 7.27. The lowest BCUT2D eigenvalue weighted by atomic mass is 9.65. The minimum Gasteiger partial charge on any atom is -0.472 e. The third-order valence-corrected chi connectivity index (χ3v) is 5.84. The van der Waals surface area contributed by atoms with Crippen molar-refractivity contribution in [2.45, 2.75) is 70.8 Å². The molecule has 2 fully saturated rings. The zero-order chi connectivity index (χ0) is 14.5. The molecule has 2 nitrogen and oxygen atoms in total. The maximum atomic E-state index is 5.27. The van der Waals surface area contributed by atoms with Crippen molar-refractivity contribution in [3.8, 4) is 0 Å². The molecule has 2 aliphatic rings. The molecule has 1 aromatic rings. The van der Waals surface area contributed by atoms with Gasteiger partial charge in [-0.3, -0.25) is 0 Å². The first-order valence-electron chi connectivity index (χ1n) is 9.11. The highest BCUT2D eigenvalue weighted by atomic mass is 16.3. The predicted octanol–water partition coefficient (Wildman–Crippen LogP) is 4.80. The third kappa shape index (κ3) is 3.91. The lowest BCUT2D eigenvalue weighted by Crippen LogP contribution is -2.42. The van der Waals surface area contributed by atoms with E-state index in [1.165, 1.54) is 56.9 Å². The first-order valence-corrected chi connectivity index (χ1v) is 9.11. The maximum Gasteiger partial charge on any atom is 0.0935 e. The van der Waals surface area contributed by atoms with Gasteiger partial charge in [0.15, 0.2) is 0 Å².